The van der Waals surface area contributed by atoms with Crippen LogP contribution in [0.4, 0.5) is 0 Å². The normalized spacial score (nSPS) is 14.9. The fourth-order valence-electron chi connectivity index (χ4n) is 3.64. The molecule has 1 aliphatic carbocycles. The average Bonchev–Trinajstić information content (AvgIpc) is 3.08. The van der Waals surface area contributed by atoms with Crippen LogP contribution in [-0.2, 0) is 25.8 Å². The van der Waals surface area contributed by atoms with E-state index in [0.717, 1.165) is 41.6 Å². The zero-order chi connectivity index (χ0) is 18.8. The van der Waals surface area contributed by atoms with E-state index in [1.54, 1.807) is 17.7 Å². The van der Waals surface area contributed by atoms with E-state index < -0.39 is 6.10 Å². The highest BCUT2D eigenvalue weighted by Crippen LogP contribution is 2.33. The Morgan fingerprint density at radius 2 is 2.19 bits per heavy atom. The van der Waals surface area contributed by atoms with Gasteiger partial charge in [-0.3, -0.25) is 9.36 Å². The van der Waals surface area contributed by atoms with E-state index in [1.165, 1.54) is 27.0 Å². The van der Waals surface area contributed by atoms with Gasteiger partial charge in [0.2, 0.25) is 0 Å². The van der Waals surface area contributed by atoms with Crippen LogP contribution in [0.15, 0.2) is 35.4 Å². The van der Waals surface area contributed by atoms with Crippen LogP contribution in [0.3, 0.4) is 0 Å². The first-order chi connectivity index (χ1) is 13.2. The number of nitrogens with zero attached hydrogens (tertiary/aromatic N) is 2. The van der Waals surface area contributed by atoms with E-state index in [2.05, 4.69) is 11.9 Å². The van der Waals surface area contributed by atoms with Gasteiger partial charge in [-0.15, -0.1) is 11.3 Å². The van der Waals surface area contributed by atoms with Gasteiger partial charge in [0, 0.05) is 4.88 Å². The molecule has 2 heterocycles. The minimum absolute atomic E-state index is 0.0496. The highest BCUT2D eigenvalue weighted by Gasteiger charge is 2.20. The van der Waals surface area contributed by atoms with E-state index in [-0.39, 0.29) is 18.7 Å². The van der Waals surface area contributed by atoms with Crippen LogP contribution in [-0.4, -0.2) is 27.4 Å². The van der Waals surface area contributed by atoms with Crippen molar-refractivity contribution in [3.05, 3.63) is 57.0 Å². The van der Waals surface area contributed by atoms with Crippen LogP contribution in [0.25, 0.3) is 10.2 Å². The molecule has 0 amide bonds. The molecule has 0 spiro atoms. The minimum atomic E-state index is -0.776. The molecule has 1 aromatic carbocycles. The Hall–Kier alpha value is -2.18. The third-order valence-corrected chi connectivity index (χ3v) is 6.30. The number of benzene rings is 1. The Labute approximate surface area is 162 Å². The van der Waals surface area contributed by atoms with Gasteiger partial charge in [0.1, 0.15) is 23.3 Å². The van der Waals surface area contributed by atoms with Gasteiger partial charge in [-0.1, -0.05) is 19.1 Å². The third kappa shape index (κ3) is 3.77. The number of rotatable bonds is 6. The number of hydrogen-bond donors (Lipinski definition) is 1. The lowest BCUT2D eigenvalue weighted by molar-refractivity contribution is 0.0914. The van der Waals surface area contributed by atoms with Crippen molar-refractivity contribution in [2.75, 3.05) is 6.61 Å². The molecule has 1 unspecified atom stereocenters. The van der Waals surface area contributed by atoms with Crippen molar-refractivity contribution in [3.8, 4) is 5.75 Å². The van der Waals surface area contributed by atoms with Gasteiger partial charge in [-0.25, -0.2) is 4.98 Å². The van der Waals surface area contributed by atoms with E-state index in [0.29, 0.717) is 0 Å². The number of aliphatic hydroxyl groups excluding tert-OH is 1. The molecule has 1 atom stereocenters. The molecule has 0 bridgehead atoms. The van der Waals surface area contributed by atoms with Crippen LogP contribution in [0.2, 0.25) is 0 Å². The van der Waals surface area contributed by atoms with Crippen molar-refractivity contribution >= 4 is 21.6 Å². The summed E-state index contributed by atoms with van der Waals surface area (Å²) >= 11 is 1.64. The number of fused-ring (bicyclic) bond motifs is 3. The molecule has 0 saturated heterocycles. The van der Waals surface area contributed by atoms with E-state index in [1.807, 2.05) is 24.3 Å². The molecule has 5 nitrogen and oxygen atoms in total. The standard InChI is InChI=1S/C21H24N2O3S/c1-2-14-6-5-7-16(10-14)26-12-15(24)11-23-13-22-20-19(21(23)25)17-8-3-4-9-18(17)27-20/h5-7,10,13,15,24H,2-4,8-9,11-12H2,1H3. The van der Waals surface area contributed by atoms with Gasteiger partial charge in [0.05, 0.1) is 18.3 Å². The van der Waals surface area contributed by atoms with E-state index in [4.69, 9.17) is 4.74 Å². The molecule has 0 aliphatic heterocycles. The predicted octanol–water partition coefficient (Wildman–Crippen LogP) is 3.34. The van der Waals surface area contributed by atoms with Gasteiger partial charge in [0.25, 0.3) is 5.56 Å². The van der Waals surface area contributed by atoms with Crippen LogP contribution < -0.4 is 10.3 Å². The number of aryl methyl sites for hydroxylation is 3. The Bertz CT molecular complexity index is 1010. The predicted molar refractivity (Wildman–Crippen MR) is 108 cm³/mol. The SMILES string of the molecule is CCc1cccc(OCC(O)Cn2cnc3sc4c(c3c2=O)CCCC4)c1. The molecular formula is C21H24N2O3S. The highest BCUT2D eigenvalue weighted by atomic mass is 32.1. The Balaban J connectivity index is 1.49. The molecule has 27 heavy (non-hydrogen) atoms. The quantitative estimate of drug-likeness (QED) is 0.708. The van der Waals surface area contributed by atoms with Crippen molar-refractivity contribution in [2.45, 2.75) is 51.7 Å². The summed E-state index contributed by atoms with van der Waals surface area (Å²) in [6, 6.07) is 7.85. The van der Waals surface area contributed by atoms with Crippen LogP contribution in [0, 0.1) is 0 Å². The number of aliphatic hydroxyl groups is 1. The van der Waals surface area contributed by atoms with Crippen LogP contribution in [0.1, 0.15) is 35.8 Å². The van der Waals surface area contributed by atoms with Crippen LogP contribution >= 0.6 is 11.3 Å². The number of aromatic nitrogens is 2. The second kappa shape index (κ2) is 7.82. The lowest BCUT2D eigenvalue weighted by Crippen LogP contribution is -2.30. The van der Waals surface area contributed by atoms with Gasteiger partial charge < -0.3 is 9.84 Å². The summed E-state index contributed by atoms with van der Waals surface area (Å²) < 4.78 is 7.22. The summed E-state index contributed by atoms with van der Waals surface area (Å²) in [4.78, 5) is 19.5. The van der Waals surface area contributed by atoms with Crippen molar-refractivity contribution in [1.82, 2.24) is 9.55 Å². The van der Waals surface area contributed by atoms with Crippen molar-refractivity contribution < 1.29 is 9.84 Å². The van der Waals surface area contributed by atoms with Gasteiger partial charge in [-0.05, 0) is 55.4 Å². The second-order valence-electron chi connectivity index (χ2n) is 7.06. The molecular weight excluding hydrogens is 360 g/mol. The molecule has 1 aliphatic rings. The third-order valence-electron chi connectivity index (χ3n) is 5.10. The molecule has 0 saturated carbocycles. The average molecular weight is 385 g/mol. The summed E-state index contributed by atoms with van der Waals surface area (Å²) in [5.41, 5.74) is 2.32. The molecule has 1 N–H and O–H groups in total. The maximum absolute atomic E-state index is 12.9. The first-order valence-electron chi connectivity index (χ1n) is 9.55. The minimum Gasteiger partial charge on any atom is -0.491 e. The molecule has 2 aromatic heterocycles. The highest BCUT2D eigenvalue weighted by molar-refractivity contribution is 7.18. The zero-order valence-electron chi connectivity index (χ0n) is 15.5. The Kier molecular flexibility index (Phi) is 5.27. The maximum atomic E-state index is 12.9. The van der Waals surface area contributed by atoms with Gasteiger partial charge >= 0.3 is 0 Å². The van der Waals surface area contributed by atoms with Crippen molar-refractivity contribution in [2.24, 2.45) is 0 Å². The number of hydrogen-bond acceptors (Lipinski definition) is 5. The maximum Gasteiger partial charge on any atom is 0.262 e. The van der Waals surface area contributed by atoms with Gasteiger partial charge in [-0.2, -0.15) is 0 Å². The van der Waals surface area contributed by atoms with Gasteiger partial charge in [0.15, 0.2) is 0 Å². The lowest BCUT2D eigenvalue weighted by Gasteiger charge is -2.14. The van der Waals surface area contributed by atoms with Crippen LogP contribution in [0.5, 0.6) is 5.75 Å². The van der Waals surface area contributed by atoms with E-state index >= 15 is 0 Å². The summed E-state index contributed by atoms with van der Waals surface area (Å²) in [5, 5.41) is 11.1. The summed E-state index contributed by atoms with van der Waals surface area (Å²) in [6.45, 7) is 2.41. The second-order valence-corrected chi connectivity index (χ2v) is 8.14. The monoisotopic (exact) mass is 384 g/mol. The first-order valence-corrected chi connectivity index (χ1v) is 10.4. The first kappa shape index (κ1) is 18.2. The Morgan fingerprint density at radius 1 is 1.33 bits per heavy atom. The molecule has 0 radical (unpaired) electrons. The smallest absolute Gasteiger partial charge is 0.262 e. The zero-order valence-corrected chi connectivity index (χ0v) is 16.3. The summed E-state index contributed by atoms with van der Waals surface area (Å²) in [6.07, 6.45) is 6.02. The van der Waals surface area contributed by atoms with Crippen molar-refractivity contribution in [3.63, 3.8) is 0 Å². The molecule has 4 rings (SSSR count). The molecule has 3 aromatic rings. The topological polar surface area (TPSA) is 64.3 Å². The largest absolute Gasteiger partial charge is 0.491 e. The molecule has 6 heteroatoms. The summed E-state index contributed by atoms with van der Waals surface area (Å²) in [5.74, 6) is 0.737. The number of ether oxygens (including phenoxy) is 1. The number of thiophene rings is 1. The molecule has 142 valence electrons. The summed E-state index contributed by atoms with van der Waals surface area (Å²) in [7, 11) is 0. The fourth-order valence-corrected chi connectivity index (χ4v) is 4.86. The fraction of sp³-hybridized carbons (Fsp3) is 0.429. The van der Waals surface area contributed by atoms with E-state index in [9.17, 15) is 9.90 Å². The lowest BCUT2D eigenvalue weighted by atomic mass is 9.97. The Morgan fingerprint density at radius 3 is 3.04 bits per heavy atom. The van der Waals surface area contributed by atoms with Crippen molar-refractivity contribution in [1.29, 1.82) is 0 Å². The molecule has 0 fully saturated rings.